The van der Waals surface area contributed by atoms with Crippen LogP contribution >= 0.6 is 0 Å². The molecule has 0 radical (unpaired) electrons. The van der Waals surface area contributed by atoms with Gasteiger partial charge in [-0.1, -0.05) is 64.3 Å². The Hall–Kier alpha value is -1.28. The normalized spacial score (nSPS) is 10.8. The third-order valence-corrected chi connectivity index (χ3v) is 3.51. The maximum Gasteiger partial charge on any atom is 0.119 e. The summed E-state index contributed by atoms with van der Waals surface area (Å²) < 4.78 is 5.47. The van der Waals surface area contributed by atoms with Gasteiger partial charge in [0.15, 0.2) is 0 Å². The Morgan fingerprint density at radius 1 is 1.10 bits per heavy atom. The summed E-state index contributed by atoms with van der Waals surface area (Å²) in [5.74, 6) is 1.75. The monoisotopic (exact) mass is 289 g/mol. The Bertz CT molecular complexity index is 370. The Labute approximate surface area is 130 Å². The molecule has 0 aliphatic carbocycles. The minimum absolute atomic E-state index is 0.564. The summed E-state index contributed by atoms with van der Waals surface area (Å²) >= 11 is 0. The van der Waals surface area contributed by atoms with E-state index in [9.17, 15) is 0 Å². The van der Waals surface area contributed by atoms with Gasteiger partial charge in [0.1, 0.15) is 12.4 Å². The third kappa shape index (κ3) is 9.30. The van der Waals surface area contributed by atoms with Crippen LogP contribution in [0.25, 0.3) is 0 Å². The summed E-state index contributed by atoms with van der Waals surface area (Å²) in [7, 11) is 0. The average molecular weight is 289 g/mol. The molecule has 21 heavy (non-hydrogen) atoms. The molecule has 0 saturated carbocycles. The van der Waals surface area contributed by atoms with Gasteiger partial charge in [0.25, 0.3) is 0 Å². The highest BCUT2D eigenvalue weighted by atomic mass is 16.5. The Balaban J connectivity index is 2.03. The van der Waals surface area contributed by atoms with E-state index in [2.05, 4.69) is 37.9 Å². The van der Waals surface area contributed by atoms with E-state index in [0.29, 0.717) is 6.61 Å². The predicted octanol–water partition coefficient (Wildman–Crippen LogP) is 4.95. The van der Waals surface area contributed by atoms with E-state index < -0.39 is 0 Å². The van der Waals surface area contributed by atoms with Crippen LogP contribution in [-0.2, 0) is 6.54 Å². The molecule has 1 rings (SSSR count). The molecule has 0 spiro atoms. The highest BCUT2D eigenvalue weighted by molar-refractivity contribution is 5.27. The van der Waals surface area contributed by atoms with Crippen LogP contribution in [0.3, 0.4) is 0 Å². The first-order valence-corrected chi connectivity index (χ1v) is 8.25. The number of benzene rings is 1. The summed E-state index contributed by atoms with van der Waals surface area (Å²) in [5.41, 5.74) is 1.31. The van der Waals surface area contributed by atoms with Gasteiger partial charge in [-0.15, -0.1) is 0 Å². The summed E-state index contributed by atoms with van der Waals surface area (Å²) in [6.07, 6.45) is 8.50. The molecule has 118 valence electrons. The minimum atomic E-state index is 0.564. The molecule has 1 N–H and O–H groups in total. The lowest BCUT2D eigenvalue weighted by molar-refractivity contribution is 0.363. The second kappa shape index (κ2) is 11.4. The highest BCUT2D eigenvalue weighted by Crippen LogP contribution is 2.12. The molecule has 0 heterocycles. The molecule has 1 aromatic rings. The van der Waals surface area contributed by atoms with Crippen LogP contribution in [-0.4, -0.2) is 13.2 Å². The van der Waals surface area contributed by atoms with Crippen molar-refractivity contribution in [2.45, 2.75) is 52.5 Å². The molecule has 1 aromatic carbocycles. The predicted molar refractivity (Wildman–Crippen MR) is 91.8 cm³/mol. The average Bonchev–Trinajstić information content (AvgIpc) is 2.48. The van der Waals surface area contributed by atoms with Crippen LogP contribution in [0.5, 0.6) is 5.75 Å². The van der Waals surface area contributed by atoms with Crippen LogP contribution in [0.2, 0.25) is 0 Å². The summed E-state index contributed by atoms with van der Waals surface area (Å²) in [6, 6.07) is 8.28. The number of ether oxygens (including phenoxy) is 1. The SMILES string of the molecule is C=CCOc1ccc(CNCCCCCCC(C)C)cc1. The first kappa shape index (κ1) is 17.8. The smallest absolute Gasteiger partial charge is 0.119 e. The van der Waals surface area contributed by atoms with Gasteiger partial charge in [0, 0.05) is 6.54 Å². The molecule has 0 aromatic heterocycles. The number of nitrogens with one attached hydrogen (secondary N) is 1. The van der Waals surface area contributed by atoms with E-state index in [-0.39, 0.29) is 0 Å². The molecule has 2 nitrogen and oxygen atoms in total. The van der Waals surface area contributed by atoms with Crippen LogP contribution in [0, 0.1) is 5.92 Å². The molecule has 0 bridgehead atoms. The second-order valence-electron chi connectivity index (χ2n) is 6.02. The maximum atomic E-state index is 5.47. The lowest BCUT2D eigenvalue weighted by atomic mass is 10.0. The van der Waals surface area contributed by atoms with Gasteiger partial charge in [0.05, 0.1) is 0 Å². The molecule has 0 saturated heterocycles. The van der Waals surface area contributed by atoms with Crippen molar-refractivity contribution in [3.05, 3.63) is 42.5 Å². The number of rotatable bonds is 12. The topological polar surface area (TPSA) is 21.3 Å². The largest absolute Gasteiger partial charge is 0.490 e. The zero-order chi connectivity index (χ0) is 15.3. The summed E-state index contributed by atoms with van der Waals surface area (Å²) in [4.78, 5) is 0. The lowest BCUT2D eigenvalue weighted by Gasteiger charge is -2.07. The fraction of sp³-hybridized carbons (Fsp3) is 0.579. The Morgan fingerprint density at radius 2 is 1.81 bits per heavy atom. The van der Waals surface area contributed by atoms with Gasteiger partial charge in [-0.05, 0) is 36.6 Å². The Kier molecular flexibility index (Phi) is 9.64. The van der Waals surface area contributed by atoms with Crippen molar-refractivity contribution in [2.75, 3.05) is 13.2 Å². The van der Waals surface area contributed by atoms with Gasteiger partial charge in [-0.3, -0.25) is 0 Å². The van der Waals surface area contributed by atoms with Crippen molar-refractivity contribution >= 4 is 0 Å². The van der Waals surface area contributed by atoms with Crippen molar-refractivity contribution in [1.29, 1.82) is 0 Å². The molecule has 0 amide bonds. The van der Waals surface area contributed by atoms with E-state index in [1.807, 2.05) is 12.1 Å². The van der Waals surface area contributed by atoms with Gasteiger partial charge in [0.2, 0.25) is 0 Å². The van der Waals surface area contributed by atoms with Gasteiger partial charge in [-0.2, -0.15) is 0 Å². The molecule has 0 fully saturated rings. The summed E-state index contributed by atoms with van der Waals surface area (Å²) in [6.45, 7) is 10.9. The van der Waals surface area contributed by atoms with Crippen molar-refractivity contribution in [3.8, 4) is 5.75 Å². The zero-order valence-corrected chi connectivity index (χ0v) is 13.7. The van der Waals surface area contributed by atoms with Crippen LogP contribution in [0.4, 0.5) is 0 Å². The van der Waals surface area contributed by atoms with Crippen LogP contribution in [0.1, 0.15) is 51.5 Å². The fourth-order valence-corrected chi connectivity index (χ4v) is 2.25. The van der Waals surface area contributed by atoms with Crippen molar-refractivity contribution in [2.24, 2.45) is 5.92 Å². The maximum absolute atomic E-state index is 5.47. The molecular weight excluding hydrogens is 258 g/mol. The first-order chi connectivity index (χ1) is 10.2. The molecule has 0 aliphatic rings. The number of unbranched alkanes of at least 4 members (excludes halogenated alkanes) is 3. The second-order valence-corrected chi connectivity index (χ2v) is 6.02. The van der Waals surface area contributed by atoms with Crippen molar-refractivity contribution in [3.63, 3.8) is 0 Å². The van der Waals surface area contributed by atoms with Crippen molar-refractivity contribution < 1.29 is 4.74 Å². The van der Waals surface area contributed by atoms with Gasteiger partial charge < -0.3 is 10.1 Å². The van der Waals surface area contributed by atoms with E-state index >= 15 is 0 Å². The Morgan fingerprint density at radius 3 is 2.48 bits per heavy atom. The molecular formula is C19H31NO. The summed E-state index contributed by atoms with van der Waals surface area (Å²) in [5, 5.41) is 3.51. The van der Waals surface area contributed by atoms with Gasteiger partial charge in [-0.25, -0.2) is 0 Å². The zero-order valence-electron chi connectivity index (χ0n) is 13.7. The quantitative estimate of drug-likeness (QED) is 0.434. The molecule has 2 heteroatoms. The van der Waals surface area contributed by atoms with E-state index in [1.165, 1.54) is 37.7 Å². The van der Waals surface area contributed by atoms with E-state index in [4.69, 9.17) is 4.74 Å². The standard InChI is InChI=1S/C19H31NO/c1-4-15-21-19-12-10-18(11-13-19)16-20-14-8-6-5-7-9-17(2)3/h4,10-13,17,20H,1,5-9,14-16H2,2-3H3. The fourth-order valence-electron chi connectivity index (χ4n) is 2.25. The van der Waals surface area contributed by atoms with Crippen LogP contribution in [0.15, 0.2) is 36.9 Å². The first-order valence-electron chi connectivity index (χ1n) is 8.25. The molecule has 0 unspecified atom stereocenters. The molecule has 0 atom stereocenters. The third-order valence-electron chi connectivity index (χ3n) is 3.51. The molecule has 0 aliphatic heterocycles. The van der Waals surface area contributed by atoms with E-state index in [1.54, 1.807) is 6.08 Å². The van der Waals surface area contributed by atoms with Gasteiger partial charge >= 0.3 is 0 Å². The number of hydrogen-bond donors (Lipinski definition) is 1. The van der Waals surface area contributed by atoms with E-state index in [0.717, 1.165) is 24.8 Å². The minimum Gasteiger partial charge on any atom is -0.490 e. The highest BCUT2D eigenvalue weighted by Gasteiger charge is 1.96. The van der Waals surface area contributed by atoms with Crippen molar-refractivity contribution in [1.82, 2.24) is 5.32 Å². The lowest BCUT2D eigenvalue weighted by Crippen LogP contribution is -2.14. The number of hydrogen-bond acceptors (Lipinski definition) is 2. The van der Waals surface area contributed by atoms with Crippen LogP contribution < -0.4 is 10.1 Å².